The van der Waals surface area contributed by atoms with Crippen molar-refractivity contribution in [1.82, 2.24) is 5.32 Å². The van der Waals surface area contributed by atoms with Gasteiger partial charge in [0.2, 0.25) is 5.91 Å². The molecule has 0 saturated carbocycles. The van der Waals surface area contributed by atoms with Crippen molar-refractivity contribution >= 4 is 40.4 Å². The Morgan fingerprint density at radius 2 is 1.73 bits per heavy atom. The molecule has 0 radical (unpaired) electrons. The van der Waals surface area contributed by atoms with E-state index in [1.165, 1.54) is 0 Å². The van der Waals surface area contributed by atoms with Crippen molar-refractivity contribution in [3.63, 3.8) is 0 Å². The van der Waals surface area contributed by atoms with E-state index >= 15 is 0 Å². The summed E-state index contributed by atoms with van der Waals surface area (Å²) in [7, 11) is 0. The van der Waals surface area contributed by atoms with Gasteiger partial charge in [-0.3, -0.25) is 9.59 Å². The van der Waals surface area contributed by atoms with E-state index in [0.29, 0.717) is 11.1 Å². The Bertz CT molecular complexity index is 1140. The lowest BCUT2D eigenvalue weighted by Gasteiger charge is -2.31. The molecule has 1 fully saturated rings. The molecule has 4 atom stereocenters. The van der Waals surface area contributed by atoms with Crippen LogP contribution in [0.2, 0.25) is 0 Å². The summed E-state index contributed by atoms with van der Waals surface area (Å²) in [6.07, 6.45) is 7.89. The first-order valence-electron chi connectivity index (χ1n) is 16.1. The van der Waals surface area contributed by atoms with E-state index in [0.717, 1.165) is 54.9 Å². The van der Waals surface area contributed by atoms with Gasteiger partial charge in [-0.1, -0.05) is 51.7 Å². The average Bonchev–Trinajstić information content (AvgIpc) is 3.33. The summed E-state index contributed by atoms with van der Waals surface area (Å²) in [6, 6.07) is 6.55. The van der Waals surface area contributed by atoms with Crippen molar-refractivity contribution < 1.29 is 38.4 Å². The van der Waals surface area contributed by atoms with E-state index < -0.39 is 53.6 Å². The predicted molar refractivity (Wildman–Crippen MR) is 176 cm³/mol. The Labute approximate surface area is 275 Å². The van der Waals surface area contributed by atoms with E-state index in [1.54, 1.807) is 39.0 Å². The van der Waals surface area contributed by atoms with E-state index in [4.69, 9.17) is 18.9 Å². The number of fused-ring (bicyclic) bond motifs is 1. The fourth-order valence-corrected chi connectivity index (χ4v) is 6.21. The highest BCUT2D eigenvalue weighted by Crippen LogP contribution is 2.43. The first kappa shape index (κ1) is 36.4. The first-order chi connectivity index (χ1) is 20.9. The molecular weight excluding hydrogens is 677 g/mol. The Hall–Kier alpha value is -2.02. The summed E-state index contributed by atoms with van der Waals surface area (Å²) in [5.74, 6) is -2.09. The van der Waals surface area contributed by atoms with Crippen LogP contribution in [0.4, 0.5) is 0 Å². The van der Waals surface area contributed by atoms with E-state index in [2.05, 4.69) is 41.8 Å². The Balaban J connectivity index is 1.82. The van der Waals surface area contributed by atoms with Crippen molar-refractivity contribution in [2.24, 2.45) is 0 Å². The van der Waals surface area contributed by atoms with Crippen LogP contribution in [0.1, 0.15) is 116 Å². The smallest absolute Gasteiger partial charge is 0.339 e. The molecule has 0 aromatic heterocycles. The van der Waals surface area contributed by atoms with Crippen LogP contribution < -0.4 is 5.32 Å². The van der Waals surface area contributed by atoms with Gasteiger partial charge in [0.25, 0.3) is 0 Å². The Kier molecular flexibility index (Phi) is 14.1. The van der Waals surface area contributed by atoms with Crippen LogP contribution in [0.25, 0.3) is 0 Å². The summed E-state index contributed by atoms with van der Waals surface area (Å²) >= 11 is 2.11. The summed E-state index contributed by atoms with van der Waals surface area (Å²) in [4.78, 5) is 39.1. The number of aliphatic hydroxyl groups is 1. The molecule has 1 aromatic rings. The van der Waals surface area contributed by atoms with E-state index in [1.807, 2.05) is 12.1 Å². The topological polar surface area (TPSA) is 120 Å². The van der Waals surface area contributed by atoms with Gasteiger partial charge in [0.15, 0.2) is 5.79 Å². The van der Waals surface area contributed by atoms with Gasteiger partial charge in [0, 0.05) is 34.8 Å². The zero-order chi connectivity index (χ0) is 32.3. The molecular formula is C34H50INO8. The standard InChI is InChI=1S/C34H50INO8/c1-6-8-12-18-34(19-13-9-7-2)42-28-21-23(31(39)36-24(22-37)16-17-29(38)43-33(3,4)5)20-27(30(28)44-34)41-32(40)25-14-10-11-15-26(25)35/h10-11,14-15,21,24,27-28,30,37H,6-9,12-13,16-20,22H2,1-5H3,(H,36,39)/t24-,27+,28+,30-/m0/s1. The number of carbonyl (C=O) groups is 3. The number of benzene rings is 1. The second kappa shape index (κ2) is 17.1. The number of carbonyl (C=O) groups excluding carboxylic acids is 3. The van der Waals surface area contributed by atoms with Crippen LogP contribution in [0.5, 0.6) is 0 Å². The van der Waals surface area contributed by atoms with Crippen molar-refractivity contribution in [3.8, 4) is 0 Å². The molecule has 1 aliphatic heterocycles. The Morgan fingerprint density at radius 3 is 2.32 bits per heavy atom. The first-order valence-corrected chi connectivity index (χ1v) is 17.1. The summed E-state index contributed by atoms with van der Waals surface area (Å²) in [5, 5.41) is 12.8. The number of nitrogens with one attached hydrogen (secondary N) is 1. The molecule has 1 amide bonds. The van der Waals surface area contributed by atoms with E-state index in [9.17, 15) is 19.5 Å². The molecule has 1 heterocycles. The van der Waals surface area contributed by atoms with Gasteiger partial charge in [-0.25, -0.2) is 4.79 Å². The zero-order valence-corrected chi connectivity index (χ0v) is 29.0. The Morgan fingerprint density at radius 1 is 1.07 bits per heavy atom. The third-order valence-electron chi connectivity index (χ3n) is 7.82. The quantitative estimate of drug-likeness (QED) is 0.114. The fraction of sp³-hybridized carbons (Fsp3) is 0.676. The van der Waals surface area contributed by atoms with Crippen LogP contribution in [0, 0.1) is 3.57 Å². The van der Waals surface area contributed by atoms with E-state index in [-0.39, 0.29) is 25.9 Å². The lowest BCUT2D eigenvalue weighted by molar-refractivity contribution is -0.190. The van der Waals surface area contributed by atoms with Crippen molar-refractivity contribution in [1.29, 1.82) is 0 Å². The molecule has 3 rings (SSSR count). The minimum absolute atomic E-state index is 0.0530. The van der Waals surface area contributed by atoms with Gasteiger partial charge in [-0.05, 0) is 80.8 Å². The van der Waals surface area contributed by atoms with Crippen molar-refractivity contribution in [2.45, 2.75) is 141 Å². The maximum atomic E-state index is 13.5. The molecule has 0 unspecified atom stereocenters. The number of esters is 2. The predicted octanol–water partition coefficient (Wildman–Crippen LogP) is 6.39. The third-order valence-corrected chi connectivity index (χ3v) is 8.76. The molecule has 1 aromatic carbocycles. The average molecular weight is 728 g/mol. The molecule has 44 heavy (non-hydrogen) atoms. The molecule has 2 aliphatic rings. The maximum absolute atomic E-state index is 13.5. The lowest BCUT2D eigenvalue weighted by atomic mass is 9.91. The van der Waals surface area contributed by atoms with Gasteiger partial charge in [0.1, 0.15) is 23.9 Å². The highest BCUT2D eigenvalue weighted by Gasteiger charge is 2.52. The number of hydrogen-bond acceptors (Lipinski definition) is 8. The van der Waals surface area contributed by atoms with Gasteiger partial charge in [-0.2, -0.15) is 0 Å². The largest absolute Gasteiger partial charge is 0.460 e. The van der Waals surface area contributed by atoms with Crippen molar-refractivity contribution in [3.05, 3.63) is 45.0 Å². The lowest BCUT2D eigenvalue weighted by Crippen LogP contribution is -2.45. The number of hydrogen-bond donors (Lipinski definition) is 2. The van der Waals surface area contributed by atoms with Crippen molar-refractivity contribution in [2.75, 3.05) is 6.61 Å². The van der Waals surface area contributed by atoms with Crippen LogP contribution in [0.15, 0.2) is 35.9 Å². The monoisotopic (exact) mass is 727 g/mol. The minimum Gasteiger partial charge on any atom is -0.460 e. The van der Waals surface area contributed by atoms with Gasteiger partial charge >= 0.3 is 11.9 Å². The van der Waals surface area contributed by atoms with Crippen LogP contribution in [-0.2, 0) is 28.5 Å². The van der Waals surface area contributed by atoms with Crippen LogP contribution >= 0.6 is 22.6 Å². The molecule has 10 heteroatoms. The SMILES string of the molecule is CCCCCC1(CCCCC)O[C@@H]2[C@@H](C=C(C(=O)N[C@H](CO)CCC(=O)OC(C)(C)C)C[C@H]2OC(=O)c2ccccc2I)O1. The molecule has 9 nitrogen and oxygen atoms in total. The fourth-order valence-electron chi connectivity index (χ4n) is 5.60. The summed E-state index contributed by atoms with van der Waals surface area (Å²) in [5.41, 5.74) is 0.224. The number of aliphatic hydroxyl groups excluding tert-OH is 1. The third kappa shape index (κ3) is 10.8. The minimum atomic E-state index is -0.811. The zero-order valence-electron chi connectivity index (χ0n) is 26.9. The molecule has 1 aliphatic carbocycles. The second-order valence-corrected chi connectivity index (χ2v) is 13.9. The summed E-state index contributed by atoms with van der Waals surface area (Å²) < 4.78 is 25.5. The molecule has 1 saturated heterocycles. The van der Waals surface area contributed by atoms with Gasteiger partial charge < -0.3 is 29.4 Å². The second-order valence-electron chi connectivity index (χ2n) is 12.8. The van der Waals surface area contributed by atoms with Gasteiger partial charge in [-0.15, -0.1) is 0 Å². The van der Waals surface area contributed by atoms with Crippen LogP contribution in [-0.4, -0.2) is 65.3 Å². The highest BCUT2D eigenvalue weighted by atomic mass is 127. The van der Waals surface area contributed by atoms with Gasteiger partial charge in [0.05, 0.1) is 18.2 Å². The summed E-state index contributed by atoms with van der Waals surface area (Å²) in [6.45, 7) is 9.34. The highest BCUT2D eigenvalue weighted by molar-refractivity contribution is 14.1. The molecule has 0 spiro atoms. The maximum Gasteiger partial charge on any atom is 0.339 e. The number of rotatable bonds is 16. The molecule has 246 valence electrons. The molecule has 2 N–H and O–H groups in total. The number of unbranched alkanes of at least 4 members (excludes halogenated alkanes) is 4. The number of ether oxygens (including phenoxy) is 4. The molecule has 0 bridgehead atoms. The normalized spacial score (nSPS) is 21.6. The number of halogens is 1. The van der Waals surface area contributed by atoms with Crippen LogP contribution in [0.3, 0.4) is 0 Å². The number of amides is 1.